The summed E-state index contributed by atoms with van der Waals surface area (Å²) in [6.07, 6.45) is 6.86. The number of thiophene rings is 1. The van der Waals surface area contributed by atoms with Crippen molar-refractivity contribution in [2.45, 2.75) is 38.3 Å². The molecular weight excluding hydrogens is 470 g/mol. The molecule has 1 saturated heterocycles. The first kappa shape index (κ1) is 23.4. The van der Waals surface area contributed by atoms with Crippen LogP contribution >= 0.6 is 11.3 Å². The van der Waals surface area contributed by atoms with Crippen LogP contribution in [-0.4, -0.2) is 68.9 Å². The maximum atomic E-state index is 9.29. The topological polar surface area (TPSA) is 82.3 Å². The summed E-state index contributed by atoms with van der Waals surface area (Å²) < 4.78 is 2.27. The minimum atomic E-state index is 0.200. The predicted octanol–water partition coefficient (Wildman–Crippen LogP) is 4.40. The Kier molecular flexibility index (Phi) is 6.85. The number of nitrogens with one attached hydrogen (secondary N) is 1. The summed E-state index contributed by atoms with van der Waals surface area (Å²) in [6, 6.07) is 13.4. The number of aliphatic hydroxyl groups excluding tert-OH is 1. The standard InChI is InChI=1S/C27H33N7OS/c35-16-15-32-11-13-33(14-12-32)27-30-25(24-26(31-27)34(19-29-24)22-4-1-2-5-22)28-18-20-7-9-21(10-8-20)23-6-3-17-36-23/h3,6-10,17,19,22,35H,1-2,4-5,11-16,18H2,(H,28,30,31). The van der Waals surface area contributed by atoms with Crippen LogP contribution in [0.4, 0.5) is 11.8 Å². The number of anilines is 2. The Bertz CT molecular complexity index is 1270. The van der Waals surface area contributed by atoms with Gasteiger partial charge < -0.3 is 19.9 Å². The fourth-order valence-electron chi connectivity index (χ4n) is 5.35. The lowest BCUT2D eigenvalue weighted by atomic mass is 10.1. The van der Waals surface area contributed by atoms with Crippen molar-refractivity contribution in [3.05, 3.63) is 53.7 Å². The molecule has 4 aromatic rings. The van der Waals surface area contributed by atoms with Gasteiger partial charge in [0.15, 0.2) is 17.0 Å². The van der Waals surface area contributed by atoms with Gasteiger partial charge in [-0.2, -0.15) is 9.97 Å². The molecule has 6 rings (SSSR count). The van der Waals surface area contributed by atoms with Gasteiger partial charge in [0, 0.05) is 50.2 Å². The molecule has 2 fully saturated rings. The van der Waals surface area contributed by atoms with Crippen LogP contribution in [0.2, 0.25) is 0 Å². The predicted molar refractivity (Wildman–Crippen MR) is 146 cm³/mol. The number of aromatic nitrogens is 4. The molecule has 9 heteroatoms. The Hall–Kier alpha value is -3.01. The van der Waals surface area contributed by atoms with E-state index in [4.69, 9.17) is 15.0 Å². The summed E-state index contributed by atoms with van der Waals surface area (Å²) in [5.74, 6) is 1.56. The second-order valence-electron chi connectivity index (χ2n) is 9.71. The van der Waals surface area contributed by atoms with Gasteiger partial charge in [0.05, 0.1) is 12.9 Å². The number of imidazole rings is 1. The molecule has 8 nitrogen and oxygen atoms in total. The molecule has 1 saturated carbocycles. The van der Waals surface area contributed by atoms with Gasteiger partial charge in [-0.1, -0.05) is 43.2 Å². The molecule has 0 bridgehead atoms. The summed E-state index contributed by atoms with van der Waals surface area (Å²) in [6.45, 7) is 5.12. The van der Waals surface area contributed by atoms with Gasteiger partial charge in [-0.3, -0.25) is 4.90 Å². The highest BCUT2D eigenvalue weighted by Crippen LogP contribution is 2.33. The zero-order valence-corrected chi connectivity index (χ0v) is 21.3. The van der Waals surface area contributed by atoms with Crippen molar-refractivity contribution in [3.8, 4) is 10.4 Å². The minimum Gasteiger partial charge on any atom is -0.395 e. The lowest BCUT2D eigenvalue weighted by Crippen LogP contribution is -2.47. The number of hydrogen-bond acceptors (Lipinski definition) is 8. The van der Waals surface area contributed by atoms with E-state index < -0.39 is 0 Å². The lowest BCUT2D eigenvalue weighted by molar-refractivity contribution is 0.188. The normalized spacial score (nSPS) is 17.3. The van der Waals surface area contributed by atoms with Crippen LogP contribution < -0.4 is 10.2 Å². The number of benzene rings is 1. The third-order valence-corrected chi connectivity index (χ3v) is 8.34. The van der Waals surface area contributed by atoms with E-state index in [1.54, 1.807) is 11.3 Å². The van der Waals surface area contributed by atoms with Crippen LogP contribution in [0, 0.1) is 0 Å². The average molecular weight is 504 g/mol. The van der Waals surface area contributed by atoms with E-state index in [2.05, 4.69) is 61.5 Å². The van der Waals surface area contributed by atoms with E-state index in [0.717, 1.165) is 55.7 Å². The highest BCUT2D eigenvalue weighted by molar-refractivity contribution is 7.13. The molecule has 4 heterocycles. The number of rotatable bonds is 8. The van der Waals surface area contributed by atoms with Gasteiger partial charge in [0.2, 0.25) is 5.95 Å². The molecule has 0 radical (unpaired) electrons. The largest absolute Gasteiger partial charge is 0.395 e. The first-order valence-corrected chi connectivity index (χ1v) is 13.9. The molecule has 0 spiro atoms. The summed E-state index contributed by atoms with van der Waals surface area (Å²) in [5, 5.41) is 15.0. The van der Waals surface area contributed by atoms with E-state index in [-0.39, 0.29) is 6.61 Å². The molecule has 1 aromatic carbocycles. The van der Waals surface area contributed by atoms with Crippen LogP contribution in [0.15, 0.2) is 48.1 Å². The van der Waals surface area contributed by atoms with Gasteiger partial charge in [-0.25, -0.2) is 4.98 Å². The fraction of sp³-hybridized carbons (Fsp3) is 0.444. The number of β-amino-alcohol motifs (C(OH)–C–C–N with tert-alkyl or cyclic N) is 1. The number of aliphatic hydroxyl groups is 1. The Morgan fingerprint density at radius 1 is 1.00 bits per heavy atom. The Morgan fingerprint density at radius 2 is 1.81 bits per heavy atom. The molecule has 0 atom stereocenters. The quantitative estimate of drug-likeness (QED) is 0.369. The number of nitrogens with zero attached hydrogens (tertiary/aromatic N) is 6. The first-order chi connectivity index (χ1) is 17.8. The minimum absolute atomic E-state index is 0.200. The maximum Gasteiger partial charge on any atom is 0.229 e. The third kappa shape index (κ3) is 4.83. The van der Waals surface area contributed by atoms with Gasteiger partial charge in [-0.05, 0) is 35.4 Å². The molecular formula is C27H33N7OS. The summed E-state index contributed by atoms with van der Waals surface area (Å²) in [7, 11) is 0. The second-order valence-corrected chi connectivity index (χ2v) is 10.7. The molecule has 3 aromatic heterocycles. The third-order valence-electron chi connectivity index (χ3n) is 7.42. The van der Waals surface area contributed by atoms with Gasteiger partial charge in [0.1, 0.15) is 0 Å². The SMILES string of the molecule is OCCN1CCN(c2nc(NCc3ccc(-c4cccs4)cc3)c3ncn(C4CCCC4)c3n2)CC1. The van der Waals surface area contributed by atoms with Crippen molar-refractivity contribution in [2.75, 3.05) is 49.5 Å². The smallest absolute Gasteiger partial charge is 0.229 e. The second kappa shape index (κ2) is 10.5. The molecule has 1 aliphatic heterocycles. The molecule has 0 unspecified atom stereocenters. The van der Waals surface area contributed by atoms with Crippen LogP contribution in [0.3, 0.4) is 0 Å². The number of hydrogen-bond donors (Lipinski definition) is 2. The number of piperazine rings is 1. The molecule has 2 N–H and O–H groups in total. The average Bonchev–Trinajstić information content (AvgIpc) is 3.70. The summed E-state index contributed by atoms with van der Waals surface area (Å²) in [5.41, 5.74) is 4.23. The van der Waals surface area contributed by atoms with Gasteiger partial charge in [0.25, 0.3) is 0 Å². The van der Waals surface area contributed by atoms with Crippen molar-refractivity contribution in [3.63, 3.8) is 0 Å². The van der Waals surface area contributed by atoms with Crippen LogP contribution in [0.25, 0.3) is 21.6 Å². The van der Waals surface area contributed by atoms with Gasteiger partial charge >= 0.3 is 0 Å². The van der Waals surface area contributed by atoms with Crippen molar-refractivity contribution in [1.82, 2.24) is 24.4 Å². The molecule has 188 valence electrons. The number of fused-ring (bicyclic) bond motifs is 1. The molecule has 2 aliphatic rings. The highest BCUT2D eigenvalue weighted by Gasteiger charge is 2.24. The van der Waals surface area contributed by atoms with E-state index in [1.165, 1.54) is 41.7 Å². The van der Waals surface area contributed by atoms with E-state index in [1.807, 2.05) is 6.33 Å². The van der Waals surface area contributed by atoms with Crippen molar-refractivity contribution in [2.24, 2.45) is 0 Å². The monoisotopic (exact) mass is 503 g/mol. The summed E-state index contributed by atoms with van der Waals surface area (Å²) in [4.78, 5) is 20.6. The Balaban J connectivity index is 1.26. The van der Waals surface area contributed by atoms with E-state index in [0.29, 0.717) is 12.6 Å². The lowest BCUT2D eigenvalue weighted by Gasteiger charge is -2.34. The van der Waals surface area contributed by atoms with Crippen molar-refractivity contribution < 1.29 is 5.11 Å². The van der Waals surface area contributed by atoms with E-state index in [9.17, 15) is 5.11 Å². The zero-order chi connectivity index (χ0) is 24.3. The van der Waals surface area contributed by atoms with Crippen molar-refractivity contribution >= 4 is 34.3 Å². The Labute approximate surface area is 215 Å². The van der Waals surface area contributed by atoms with E-state index >= 15 is 0 Å². The first-order valence-electron chi connectivity index (χ1n) is 13.0. The zero-order valence-electron chi connectivity index (χ0n) is 20.5. The maximum absolute atomic E-state index is 9.29. The van der Waals surface area contributed by atoms with Gasteiger partial charge in [-0.15, -0.1) is 11.3 Å². The van der Waals surface area contributed by atoms with Crippen LogP contribution in [0.5, 0.6) is 0 Å². The summed E-state index contributed by atoms with van der Waals surface area (Å²) >= 11 is 1.76. The highest BCUT2D eigenvalue weighted by atomic mass is 32.1. The molecule has 36 heavy (non-hydrogen) atoms. The van der Waals surface area contributed by atoms with Crippen molar-refractivity contribution in [1.29, 1.82) is 0 Å². The molecule has 0 amide bonds. The fourth-order valence-corrected chi connectivity index (χ4v) is 6.08. The Morgan fingerprint density at radius 3 is 2.53 bits per heavy atom. The van der Waals surface area contributed by atoms with Crippen LogP contribution in [-0.2, 0) is 6.54 Å². The molecule has 1 aliphatic carbocycles. The van der Waals surface area contributed by atoms with Crippen LogP contribution in [0.1, 0.15) is 37.3 Å².